The lowest BCUT2D eigenvalue weighted by atomic mass is 10.2. The summed E-state index contributed by atoms with van der Waals surface area (Å²) < 4.78 is 62.5. The third-order valence-electron chi connectivity index (χ3n) is 5.22. The molecule has 5 rings (SSSR count). The Balaban J connectivity index is 1.43. The molecule has 0 unspecified atom stereocenters. The zero-order valence-electron chi connectivity index (χ0n) is 18.6. The number of fused-ring (bicyclic) bond motifs is 1. The van der Waals surface area contributed by atoms with Gasteiger partial charge in [0.25, 0.3) is 20.0 Å². The number of nitrogens with one attached hydrogen (secondary N) is 2. The normalized spacial score (nSPS) is 12.1. The summed E-state index contributed by atoms with van der Waals surface area (Å²) in [6.07, 6.45) is 0. The van der Waals surface area contributed by atoms with Crippen LogP contribution in [0, 0.1) is 6.92 Å². The number of nitrogens with zero attached hydrogens (tertiary/aromatic N) is 1. The standard InChI is InChI=1S/C24H18ClN3O5S3/c1-15-26-22(14-34-15)16-6-9-19(10-7-16)35(29,30)27-20-11-8-18(25)13-21(20)28-36(31,32)24-12-17-4-2-3-5-23(17)33-24/h2-14,27-28H,1H3. The zero-order chi connectivity index (χ0) is 25.5. The molecular weight excluding hydrogens is 542 g/mol. The van der Waals surface area contributed by atoms with E-state index in [-0.39, 0.29) is 26.4 Å². The molecule has 12 heteroatoms. The van der Waals surface area contributed by atoms with E-state index in [1.807, 2.05) is 12.3 Å². The number of halogens is 1. The van der Waals surface area contributed by atoms with Gasteiger partial charge >= 0.3 is 0 Å². The topological polar surface area (TPSA) is 118 Å². The summed E-state index contributed by atoms with van der Waals surface area (Å²) in [5.41, 5.74) is 1.89. The van der Waals surface area contributed by atoms with Gasteiger partial charge in [-0.05, 0) is 43.3 Å². The molecule has 0 bridgehead atoms. The first-order chi connectivity index (χ1) is 17.1. The summed E-state index contributed by atoms with van der Waals surface area (Å²) in [6.45, 7) is 1.89. The second-order valence-corrected chi connectivity index (χ2v) is 12.6. The average Bonchev–Trinajstić information content (AvgIpc) is 3.47. The number of rotatable bonds is 7. The SMILES string of the molecule is Cc1nc(-c2ccc(S(=O)(=O)Nc3ccc(Cl)cc3NS(=O)(=O)c3cc4ccccc4o3)cc2)cs1. The van der Waals surface area contributed by atoms with Crippen molar-refractivity contribution >= 4 is 65.3 Å². The molecule has 0 radical (unpaired) electrons. The van der Waals surface area contributed by atoms with E-state index in [0.29, 0.717) is 11.0 Å². The van der Waals surface area contributed by atoms with Crippen LogP contribution in [0.2, 0.25) is 5.02 Å². The lowest BCUT2D eigenvalue weighted by Gasteiger charge is -2.14. The van der Waals surface area contributed by atoms with E-state index >= 15 is 0 Å². The zero-order valence-corrected chi connectivity index (χ0v) is 21.8. The monoisotopic (exact) mass is 559 g/mol. The van der Waals surface area contributed by atoms with Crippen LogP contribution in [0.15, 0.2) is 92.6 Å². The van der Waals surface area contributed by atoms with Gasteiger partial charge in [-0.25, -0.2) is 13.4 Å². The molecule has 0 saturated heterocycles. The molecule has 0 atom stereocenters. The molecule has 0 amide bonds. The van der Waals surface area contributed by atoms with Crippen molar-refractivity contribution in [1.82, 2.24) is 4.98 Å². The van der Waals surface area contributed by atoms with Crippen LogP contribution in [0.5, 0.6) is 0 Å². The summed E-state index contributed by atoms with van der Waals surface area (Å²) >= 11 is 7.58. The first-order valence-corrected chi connectivity index (χ1v) is 14.7. The Morgan fingerprint density at radius 1 is 0.861 bits per heavy atom. The smallest absolute Gasteiger partial charge is 0.295 e. The number of para-hydroxylation sites is 1. The minimum Gasteiger partial charge on any atom is -0.443 e. The van der Waals surface area contributed by atoms with E-state index in [2.05, 4.69) is 14.4 Å². The molecule has 184 valence electrons. The van der Waals surface area contributed by atoms with Crippen LogP contribution in [0.25, 0.3) is 22.2 Å². The van der Waals surface area contributed by atoms with Crippen molar-refractivity contribution in [3.63, 3.8) is 0 Å². The second kappa shape index (κ2) is 9.25. The quantitative estimate of drug-likeness (QED) is 0.248. The van der Waals surface area contributed by atoms with E-state index in [1.54, 1.807) is 36.4 Å². The fourth-order valence-corrected chi connectivity index (χ4v) is 6.39. The molecule has 0 aliphatic heterocycles. The first-order valence-electron chi connectivity index (χ1n) is 10.5. The van der Waals surface area contributed by atoms with Gasteiger partial charge in [0.2, 0.25) is 5.09 Å². The van der Waals surface area contributed by atoms with E-state index < -0.39 is 20.0 Å². The lowest BCUT2D eigenvalue weighted by molar-refractivity contribution is 0.484. The van der Waals surface area contributed by atoms with Gasteiger partial charge in [-0.15, -0.1) is 11.3 Å². The van der Waals surface area contributed by atoms with Crippen LogP contribution < -0.4 is 9.44 Å². The minimum absolute atomic E-state index is 0.000701. The van der Waals surface area contributed by atoms with Gasteiger partial charge in [-0.2, -0.15) is 8.42 Å². The molecule has 2 aromatic heterocycles. The van der Waals surface area contributed by atoms with Crippen molar-refractivity contribution < 1.29 is 21.3 Å². The highest BCUT2D eigenvalue weighted by Gasteiger charge is 2.23. The van der Waals surface area contributed by atoms with Crippen LogP contribution in [0.4, 0.5) is 11.4 Å². The van der Waals surface area contributed by atoms with Crippen LogP contribution in [-0.2, 0) is 20.0 Å². The van der Waals surface area contributed by atoms with Crippen molar-refractivity contribution in [3.05, 3.63) is 88.2 Å². The summed E-state index contributed by atoms with van der Waals surface area (Å²) in [6, 6.07) is 18.6. The second-order valence-electron chi connectivity index (χ2n) is 7.78. The molecule has 0 saturated carbocycles. The summed E-state index contributed by atoms with van der Waals surface area (Å²) in [5.74, 6) is 0. The molecule has 2 heterocycles. The van der Waals surface area contributed by atoms with E-state index in [9.17, 15) is 16.8 Å². The van der Waals surface area contributed by atoms with Gasteiger partial charge in [-0.1, -0.05) is 41.9 Å². The summed E-state index contributed by atoms with van der Waals surface area (Å²) in [4.78, 5) is 4.40. The molecule has 0 aliphatic rings. The Labute approximate surface area is 216 Å². The van der Waals surface area contributed by atoms with Gasteiger partial charge in [-0.3, -0.25) is 9.44 Å². The maximum absolute atomic E-state index is 13.1. The maximum atomic E-state index is 13.1. The highest BCUT2D eigenvalue weighted by Crippen LogP contribution is 2.32. The van der Waals surface area contributed by atoms with Crippen LogP contribution in [0.3, 0.4) is 0 Å². The number of hydrogen-bond acceptors (Lipinski definition) is 7. The van der Waals surface area contributed by atoms with Crippen molar-refractivity contribution in [2.24, 2.45) is 0 Å². The highest BCUT2D eigenvalue weighted by molar-refractivity contribution is 7.93. The number of thiazole rings is 1. The number of benzene rings is 3. The van der Waals surface area contributed by atoms with E-state index in [1.165, 1.54) is 47.7 Å². The Hall–Kier alpha value is -3.38. The number of aromatic nitrogens is 1. The van der Waals surface area contributed by atoms with Crippen LogP contribution in [-0.4, -0.2) is 21.8 Å². The van der Waals surface area contributed by atoms with Crippen molar-refractivity contribution in [2.45, 2.75) is 16.9 Å². The maximum Gasteiger partial charge on any atom is 0.295 e. The predicted octanol–water partition coefficient (Wildman–Crippen LogP) is 6.12. The number of furan rings is 1. The Kier molecular flexibility index (Phi) is 6.25. The fourth-order valence-electron chi connectivity index (χ4n) is 3.48. The number of hydrogen-bond donors (Lipinski definition) is 2. The van der Waals surface area contributed by atoms with E-state index in [4.69, 9.17) is 16.0 Å². The molecule has 0 spiro atoms. The number of aryl methyl sites for hydroxylation is 1. The molecule has 36 heavy (non-hydrogen) atoms. The molecule has 0 aliphatic carbocycles. The molecule has 8 nitrogen and oxygen atoms in total. The minimum atomic E-state index is -4.19. The first kappa shape index (κ1) is 24.3. The number of sulfonamides is 2. The third-order valence-corrected chi connectivity index (χ3v) is 8.83. The summed E-state index contributed by atoms with van der Waals surface area (Å²) in [7, 11) is -8.24. The number of anilines is 2. The molecule has 3 aromatic carbocycles. The molecule has 5 aromatic rings. The van der Waals surface area contributed by atoms with Crippen molar-refractivity contribution in [2.75, 3.05) is 9.44 Å². The van der Waals surface area contributed by atoms with Gasteiger partial charge in [0.1, 0.15) is 5.58 Å². The Morgan fingerprint density at radius 3 is 2.28 bits per heavy atom. The van der Waals surface area contributed by atoms with Crippen LogP contribution >= 0.6 is 22.9 Å². The largest absolute Gasteiger partial charge is 0.443 e. The summed E-state index contributed by atoms with van der Waals surface area (Å²) in [5, 5.41) is 3.31. The molecule has 2 N–H and O–H groups in total. The predicted molar refractivity (Wildman–Crippen MR) is 142 cm³/mol. The van der Waals surface area contributed by atoms with Crippen molar-refractivity contribution in [3.8, 4) is 11.3 Å². The Bertz CT molecular complexity index is 1760. The van der Waals surface area contributed by atoms with Gasteiger partial charge in [0.15, 0.2) is 0 Å². The Morgan fingerprint density at radius 2 is 1.58 bits per heavy atom. The molecular formula is C24H18ClN3O5S3. The van der Waals surface area contributed by atoms with E-state index in [0.717, 1.165) is 16.3 Å². The fraction of sp³-hybridized carbons (Fsp3) is 0.0417. The molecule has 0 fully saturated rings. The lowest BCUT2D eigenvalue weighted by Crippen LogP contribution is -2.17. The van der Waals surface area contributed by atoms with Gasteiger partial charge in [0, 0.05) is 27.4 Å². The third kappa shape index (κ3) is 4.96. The van der Waals surface area contributed by atoms with Crippen LogP contribution in [0.1, 0.15) is 5.01 Å². The highest BCUT2D eigenvalue weighted by atomic mass is 35.5. The van der Waals surface area contributed by atoms with Crippen molar-refractivity contribution in [1.29, 1.82) is 0 Å². The van der Waals surface area contributed by atoms with Gasteiger partial charge in [0.05, 0.1) is 27.0 Å². The van der Waals surface area contributed by atoms with Gasteiger partial charge < -0.3 is 4.42 Å². The average molecular weight is 560 g/mol.